The molecule has 3 aromatic rings. The van der Waals surface area contributed by atoms with Crippen LogP contribution in [0, 0.1) is 0 Å². The molecule has 0 amide bonds. The average molecular weight is 520 g/mol. The predicted octanol–water partition coefficient (Wildman–Crippen LogP) is 6.54. The highest BCUT2D eigenvalue weighted by Gasteiger charge is 2.32. The number of hydrogen-bond donors (Lipinski definition) is 0. The van der Waals surface area contributed by atoms with E-state index in [0.717, 1.165) is 47.6 Å². The molecular weight excluding hydrogens is 495 g/mol. The zero-order chi connectivity index (χ0) is 21.4. The highest BCUT2D eigenvalue weighted by molar-refractivity contribution is 9.10. The van der Waals surface area contributed by atoms with Crippen LogP contribution in [0.1, 0.15) is 25.3 Å². The summed E-state index contributed by atoms with van der Waals surface area (Å²) in [6.45, 7) is 4.21. The largest absolute Gasteiger partial charge is 0.369 e. The Kier molecular flexibility index (Phi) is 6.29. The normalized spacial score (nSPS) is 22.2. The van der Waals surface area contributed by atoms with Crippen LogP contribution in [0.4, 0.5) is 5.69 Å². The van der Waals surface area contributed by atoms with E-state index in [1.165, 1.54) is 19.3 Å². The maximum Gasteiger partial charge on any atom is 0.0923 e. The number of piperazine rings is 1. The molecule has 0 bridgehead atoms. The fraction of sp³-hybridized carbons (Fsp3) is 0.375. The Bertz CT molecular complexity index is 1040. The molecule has 0 spiro atoms. The molecule has 0 N–H and O–H groups in total. The second kappa shape index (κ2) is 9.14. The van der Waals surface area contributed by atoms with E-state index < -0.39 is 0 Å². The summed E-state index contributed by atoms with van der Waals surface area (Å²) in [5.74, 6) is 0. The van der Waals surface area contributed by atoms with Gasteiger partial charge in [0.15, 0.2) is 0 Å². The van der Waals surface area contributed by atoms with Crippen LogP contribution in [0.25, 0.3) is 11.3 Å². The number of aromatic nitrogens is 2. The molecule has 5 rings (SSSR count). The number of halogens is 3. The summed E-state index contributed by atoms with van der Waals surface area (Å²) in [4.78, 5) is 5.07. The van der Waals surface area contributed by atoms with Gasteiger partial charge in [0.1, 0.15) is 0 Å². The number of nitrogens with zero attached hydrogens (tertiary/aromatic N) is 4. The Morgan fingerprint density at radius 3 is 2.32 bits per heavy atom. The topological polar surface area (TPSA) is 24.3 Å². The summed E-state index contributed by atoms with van der Waals surface area (Å²) in [6.07, 6.45) is 5.75. The summed E-state index contributed by atoms with van der Waals surface area (Å²) >= 11 is 15.8. The Morgan fingerprint density at radius 1 is 0.839 bits per heavy atom. The fourth-order valence-electron chi connectivity index (χ4n) is 4.85. The second-order valence-corrected chi connectivity index (χ2v) is 10.2. The van der Waals surface area contributed by atoms with Crippen molar-refractivity contribution in [3.8, 4) is 11.3 Å². The van der Waals surface area contributed by atoms with E-state index in [4.69, 9.17) is 28.3 Å². The summed E-state index contributed by atoms with van der Waals surface area (Å²) in [7, 11) is 0. The van der Waals surface area contributed by atoms with Gasteiger partial charge in [-0.2, -0.15) is 5.10 Å². The molecule has 0 unspecified atom stereocenters. The molecule has 1 aromatic heterocycles. The SMILES string of the molecule is Clc1ccc(N2CCN([C@H]3CC[C@@H](n4ccc(-c5ccc(Br)cc5)n4)C3)CC2)cc1Cl. The third kappa shape index (κ3) is 4.65. The van der Waals surface area contributed by atoms with Gasteiger partial charge in [0.2, 0.25) is 0 Å². The molecule has 2 aliphatic rings. The predicted molar refractivity (Wildman–Crippen MR) is 132 cm³/mol. The number of benzene rings is 2. The first-order valence-corrected chi connectivity index (χ1v) is 12.4. The van der Waals surface area contributed by atoms with Gasteiger partial charge >= 0.3 is 0 Å². The van der Waals surface area contributed by atoms with Crippen LogP contribution >= 0.6 is 39.1 Å². The molecule has 1 aliphatic heterocycles. The lowest BCUT2D eigenvalue weighted by Crippen LogP contribution is -2.49. The average Bonchev–Trinajstić information content (AvgIpc) is 3.46. The standard InChI is InChI=1S/C24H25BrCl2N4/c25-18-3-1-17(2-4-18)24-9-10-31(28-24)21-6-5-19(15-21)29-11-13-30(14-12-29)20-7-8-22(26)23(27)16-20/h1-4,7-10,16,19,21H,5-6,11-15H2/t19-,21+/m0/s1. The van der Waals surface area contributed by atoms with Gasteiger partial charge in [0.05, 0.1) is 21.8 Å². The molecule has 7 heteroatoms. The van der Waals surface area contributed by atoms with E-state index in [1.807, 2.05) is 12.1 Å². The first kappa shape index (κ1) is 21.3. The first-order chi connectivity index (χ1) is 15.1. The van der Waals surface area contributed by atoms with Gasteiger partial charge in [0.25, 0.3) is 0 Å². The molecule has 0 radical (unpaired) electrons. The van der Waals surface area contributed by atoms with Gasteiger partial charge in [-0.05, 0) is 55.7 Å². The zero-order valence-electron chi connectivity index (χ0n) is 17.2. The van der Waals surface area contributed by atoms with E-state index in [-0.39, 0.29) is 0 Å². The summed E-state index contributed by atoms with van der Waals surface area (Å²) in [5.41, 5.74) is 3.37. The van der Waals surface area contributed by atoms with E-state index in [1.54, 1.807) is 0 Å². The maximum atomic E-state index is 6.21. The Balaban J connectivity index is 1.18. The minimum Gasteiger partial charge on any atom is -0.369 e. The van der Waals surface area contributed by atoms with Gasteiger partial charge in [-0.15, -0.1) is 0 Å². The van der Waals surface area contributed by atoms with Crippen molar-refractivity contribution in [1.29, 1.82) is 0 Å². The van der Waals surface area contributed by atoms with E-state index >= 15 is 0 Å². The van der Waals surface area contributed by atoms with Gasteiger partial charge in [-0.1, -0.05) is 51.3 Å². The molecule has 162 valence electrons. The van der Waals surface area contributed by atoms with Crippen molar-refractivity contribution >= 4 is 44.8 Å². The lowest BCUT2D eigenvalue weighted by molar-refractivity contribution is 0.183. The van der Waals surface area contributed by atoms with Crippen LogP contribution < -0.4 is 4.90 Å². The first-order valence-electron chi connectivity index (χ1n) is 10.8. The van der Waals surface area contributed by atoms with Crippen molar-refractivity contribution in [3.05, 3.63) is 69.2 Å². The van der Waals surface area contributed by atoms with Crippen molar-refractivity contribution in [3.63, 3.8) is 0 Å². The lowest BCUT2D eigenvalue weighted by atomic mass is 10.1. The van der Waals surface area contributed by atoms with Crippen LogP contribution in [0.3, 0.4) is 0 Å². The highest BCUT2D eigenvalue weighted by Crippen LogP contribution is 2.35. The summed E-state index contributed by atoms with van der Waals surface area (Å²) < 4.78 is 3.28. The fourth-order valence-corrected chi connectivity index (χ4v) is 5.41. The van der Waals surface area contributed by atoms with E-state index in [2.05, 4.69) is 73.0 Å². The molecule has 1 aliphatic carbocycles. The maximum absolute atomic E-state index is 6.21. The number of rotatable bonds is 4. The Labute approximate surface area is 201 Å². The van der Waals surface area contributed by atoms with Crippen LogP contribution in [-0.4, -0.2) is 46.9 Å². The molecule has 2 heterocycles. The van der Waals surface area contributed by atoms with Crippen molar-refractivity contribution in [2.45, 2.75) is 31.3 Å². The van der Waals surface area contributed by atoms with Gasteiger partial charge < -0.3 is 4.90 Å². The Morgan fingerprint density at radius 2 is 1.58 bits per heavy atom. The van der Waals surface area contributed by atoms with Crippen molar-refractivity contribution < 1.29 is 0 Å². The quantitative estimate of drug-likeness (QED) is 0.391. The molecule has 1 saturated carbocycles. The van der Waals surface area contributed by atoms with Crippen molar-refractivity contribution in [2.75, 3.05) is 31.1 Å². The van der Waals surface area contributed by atoms with Gasteiger partial charge in [0, 0.05) is 54.1 Å². The van der Waals surface area contributed by atoms with Gasteiger partial charge in [-0.3, -0.25) is 9.58 Å². The van der Waals surface area contributed by atoms with Crippen LogP contribution in [0.2, 0.25) is 10.0 Å². The van der Waals surface area contributed by atoms with E-state index in [9.17, 15) is 0 Å². The molecule has 2 fully saturated rings. The third-order valence-electron chi connectivity index (χ3n) is 6.60. The molecule has 2 aromatic carbocycles. The van der Waals surface area contributed by atoms with E-state index in [0.29, 0.717) is 22.1 Å². The zero-order valence-corrected chi connectivity index (χ0v) is 20.3. The third-order valence-corrected chi connectivity index (χ3v) is 7.87. The van der Waals surface area contributed by atoms with Crippen molar-refractivity contribution in [2.24, 2.45) is 0 Å². The lowest BCUT2D eigenvalue weighted by Gasteiger charge is -2.39. The van der Waals surface area contributed by atoms with Crippen LogP contribution in [0.15, 0.2) is 59.2 Å². The molecule has 1 saturated heterocycles. The molecule has 4 nitrogen and oxygen atoms in total. The van der Waals surface area contributed by atoms with Crippen molar-refractivity contribution in [1.82, 2.24) is 14.7 Å². The molecular formula is C24H25BrCl2N4. The monoisotopic (exact) mass is 518 g/mol. The summed E-state index contributed by atoms with van der Waals surface area (Å²) in [5, 5.41) is 6.13. The number of hydrogen-bond acceptors (Lipinski definition) is 3. The summed E-state index contributed by atoms with van der Waals surface area (Å²) in [6, 6.07) is 17.6. The smallest absolute Gasteiger partial charge is 0.0923 e. The van der Waals surface area contributed by atoms with Gasteiger partial charge in [-0.25, -0.2) is 0 Å². The second-order valence-electron chi connectivity index (χ2n) is 8.43. The minimum atomic E-state index is 0.488. The van der Waals surface area contributed by atoms with Crippen LogP contribution in [0.5, 0.6) is 0 Å². The Hall–Kier alpha value is -1.53. The molecule has 31 heavy (non-hydrogen) atoms. The number of anilines is 1. The highest BCUT2D eigenvalue weighted by atomic mass is 79.9. The molecule has 2 atom stereocenters. The minimum absolute atomic E-state index is 0.488. The van der Waals surface area contributed by atoms with Crippen LogP contribution in [-0.2, 0) is 0 Å².